The first kappa shape index (κ1) is 49.4. The van der Waals surface area contributed by atoms with Gasteiger partial charge in [-0.25, -0.2) is 31.9 Å². The highest BCUT2D eigenvalue weighted by atomic mass is 19.4. The zero-order valence-corrected chi connectivity index (χ0v) is 37.0. The van der Waals surface area contributed by atoms with E-state index in [9.17, 15) is 44.7 Å². The van der Waals surface area contributed by atoms with Gasteiger partial charge in [-0.3, -0.25) is 28.4 Å². The molecule has 10 rings (SSSR count). The predicted octanol–water partition coefficient (Wildman–Crippen LogP) is 13.6. The van der Waals surface area contributed by atoms with Crippen LogP contribution in [0.4, 0.5) is 46.5 Å². The van der Waals surface area contributed by atoms with Crippen LogP contribution in [-0.4, -0.2) is 40.6 Å². The number of nitrogens with one attached hydrogen (secondary N) is 2. The van der Waals surface area contributed by atoms with E-state index in [1.54, 1.807) is 84.6 Å². The molecule has 6 aromatic heterocycles. The number of alkyl halides is 3. The Hall–Kier alpha value is -9.06. The number of imidazole rings is 2. The van der Waals surface area contributed by atoms with Crippen LogP contribution in [0.1, 0.15) is 45.1 Å². The van der Waals surface area contributed by atoms with Crippen LogP contribution >= 0.6 is 0 Å². The predicted molar refractivity (Wildman–Crippen MR) is 258 cm³/mol. The Morgan fingerprint density at radius 3 is 1.46 bits per heavy atom. The number of anilines is 2. The third kappa shape index (κ3) is 9.87. The molecular weight excluding hydrogens is 945 g/mol. The first-order valence-electron chi connectivity index (χ1n) is 21.4. The number of nitrogens with zero attached hydrogens (tertiary/aromatic N) is 6. The van der Waals surface area contributed by atoms with Gasteiger partial charge < -0.3 is 10.6 Å². The maximum Gasteiger partial charge on any atom is 0.434 e. The van der Waals surface area contributed by atoms with Gasteiger partial charge in [0.05, 0.1) is 51.4 Å². The molecule has 362 valence electrons. The molecule has 10 aromatic rings. The van der Waals surface area contributed by atoms with Crippen molar-refractivity contribution in [1.29, 1.82) is 0 Å². The van der Waals surface area contributed by atoms with Gasteiger partial charge in [0.25, 0.3) is 11.8 Å². The summed E-state index contributed by atoms with van der Waals surface area (Å²) >= 11 is 0. The number of pyridine rings is 4. The Morgan fingerprint density at radius 1 is 0.514 bits per heavy atom. The van der Waals surface area contributed by atoms with Crippen molar-refractivity contribution in [2.45, 2.75) is 27.5 Å². The monoisotopic (exact) mass is 982 g/mol. The second-order valence-corrected chi connectivity index (χ2v) is 16.0. The quantitative estimate of drug-likeness (QED) is 0.146. The standard InChI is InChI=1S/C27H17F5N4O.C26H17F3N4O.CH4/c1-15-7-9-17(10-8-15)35-26(37)20-12-16(13-33-24(20)27(30,31)32)18-5-3-11-36-22(18)14-34-25(36)19-4-2-6-21(28)23(19)29;1-15-21(26(34)32-18-9-7-17(27)8-10-18)12-16(13-30-15)19-5-3-11-33-23(19)14-31-25(33)20-4-2-6-22(28)24(20)29;/h2-14H,1H3,(H,35,37);2-14H,1H3,(H,32,34);1H4. The Kier molecular flexibility index (Phi) is 13.8. The lowest BCUT2D eigenvalue weighted by molar-refractivity contribution is -0.141. The van der Waals surface area contributed by atoms with Crippen LogP contribution in [-0.2, 0) is 6.18 Å². The first-order chi connectivity index (χ1) is 34.0. The molecule has 0 aliphatic rings. The summed E-state index contributed by atoms with van der Waals surface area (Å²) in [6.45, 7) is 3.56. The Morgan fingerprint density at radius 2 is 0.958 bits per heavy atom. The van der Waals surface area contributed by atoms with E-state index in [0.29, 0.717) is 50.4 Å². The molecule has 2 amide bonds. The molecule has 0 fully saturated rings. The van der Waals surface area contributed by atoms with Crippen LogP contribution in [0.15, 0.2) is 159 Å². The lowest BCUT2D eigenvalue weighted by Gasteiger charge is -2.14. The fourth-order valence-corrected chi connectivity index (χ4v) is 7.77. The number of aryl methyl sites for hydroxylation is 2. The molecule has 0 radical (unpaired) electrons. The largest absolute Gasteiger partial charge is 0.434 e. The lowest BCUT2D eigenvalue weighted by atomic mass is 10.0. The van der Waals surface area contributed by atoms with Gasteiger partial charge in [-0.1, -0.05) is 49.4 Å². The van der Waals surface area contributed by atoms with E-state index in [1.807, 2.05) is 13.0 Å². The van der Waals surface area contributed by atoms with Crippen molar-refractivity contribution in [3.8, 4) is 45.0 Å². The number of hydrogen-bond donors (Lipinski definition) is 2. The van der Waals surface area contributed by atoms with Crippen molar-refractivity contribution in [1.82, 2.24) is 28.7 Å². The van der Waals surface area contributed by atoms with Gasteiger partial charge in [0.15, 0.2) is 29.0 Å². The number of carbonyl (C=O) groups is 2. The molecule has 0 spiro atoms. The van der Waals surface area contributed by atoms with Gasteiger partial charge in [-0.2, -0.15) is 13.2 Å². The summed E-state index contributed by atoms with van der Waals surface area (Å²) in [5.41, 5.74) is 3.52. The maximum atomic E-state index is 14.4. The number of fused-ring (bicyclic) bond motifs is 2. The van der Waals surface area contributed by atoms with Crippen LogP contribution in [0.2, 0.25) is 0 Å². The topological polar surface area (TPSA) is 119 Å². The second kappa shape index (κ2) is 20.1. The summed E-state index contributed by atoms with van der Waals surface area (Å²) in [5.74, 6) is -5.45. The number of carbonyl (C=O) groups excluding carboxylic acids is 2. The zero-order chi connectivity index (χ0) is 50.1. The lowest BCUT2D eigenvalue weighted by Crippen LogP contribution is -2.20. The number of rotatable bonds is 8. The zero-order valence-electron chi connectivity index (χ0n) is 37.0. The Labute approximate surface area is 405 Å². The maximum absolute atomic E-state index is 14.4. The normalized spacial score (nSPS) is 11.2. The van der Waals surface area contributed by atoms with Gasteiger partial charge in [-0.05, 0) is 98.8 Å². The number of halogens is 8. The molecular formula is C54H38F8N8O2. The minimum absolute atomic E-state index is 0. The molecule has 0 aliphatic heterocycles. The molecule has 6 heterocycles. The number of hydrogen-bond acceptors (Lipinski definition) is 6. The van der Waals surface area contributed by atoms with E-state index in [1.165, 1.54) is 59.1 Å². The summed E-state index contributed by atoms with van der Waals surface area (Å²) < 4.78 is 114. The van der Waals surface area contributed by atoms with Gasteiger partial charge >= 0.3 is 6.18 Å². The molecule has 10 nitrogen and oxygen atoms in total. The van der Waals surface area contributed by atoms with Crippen LogP contribution in [0.5, 0.6) is 0 Å². The highest BCUT2D eigenvalue weighted by Crippen LogP contribution is 2.36. The molecule has 72 heavy (non-hydrogen) atoms. The molecule has 0 bridgehead atoms. The number of amides is 2. The molecule has 4 aromatic carbocycles. The summed E-state index contributed by atoms with van der Waals surface area (Å²) in [6.07, 6.45) is 3.99. The third-order valence-corrected chi connectivity index (χ3v) is 11.3. The minimum Gasteiger partial charge on any atom is -0.322 e. The van der Waals surface area contributed by atoms with E-state index < -0.39 is 52.4 Å². The SMILES string of the molecule is C.Cc1ccc(NC(=O)c2cc(-c3cccn4c(-c5cccc(F)c5F)ncc34)cnc2C(F)(F)F)cc1.Cc1ncc(-c2cccn3c(-c4cccc(F)c4F)ncc23)cc1C(=O)Nc1ccc(F)cc1. The molecule has 0 unspecified atom stereocenters. The summed E-state index contributed by atoms with van der Waals surface area (Å²) in [4.78, 5) is 42.3. The summed E-state index contributed by atoms with van der Waals surface area (Å²) in [6, 6.07) is 29.3. The second-order valence-electron chi connectivity index (χ2n) is 16.0. The van der Waals surface area contributed by atoms with Crippen molar-refractivity contribution < 1.29 is 44.7 Å². The van der Waals surface area contributed by atoms with Crippen LogP contribution in [0, 0.1) is 42.9 Å². The Balaban J connectivity index is 0.000000191. The van der Waals surface area contributed by atoms with Crippen molar-refractivity contribution in [3.05, 3.63) is 216 Å². The molecule has 0 atom stereocenters. The number of benzene rings is 4. The molecule has 0 aliphatic carbocycles. The van der Waals surface area contributed by atoms with Crippen LogP contribution in [0.3, 0.4) is 0 Å². The van der Waals surface area contributed by atoms with Gasteiger partial charge in [0, 0.05) is 58.4 Å². The molecule has 2 N–H and O–H groups in total. The van der Waals surface area contributed by atoms with Crippen molar-refractivity contribution >= 4 is 34.2 Å². The Bertz CT molecular complexity index is 3670. The summed E-state index contributed by atoms with van der Waals surface area (Å²) in [7, 11) is 0. The van der Waals surface area contributed by atoms with E-state index in [2.05, 4.69) is 30.6 Å². The van der Waals surface area contributed by atoms with E-state index in [-0.39, 0.29) is 41.7 Å². The van der Waals surface area contributed by atoms with Crippen LogP contribution < -0.4 is 10.6 Å². The smallest absolute Gasteiger partial charge is 0.322 e. The van der Waals surface area contributed by atoms with Crippen molar-refractivity contribution in [2.24, 2.45) is 0 Å². The van der Waals surface area contributed by atoms with Gasteiger partial charge in [-0.15, -0.1) is 0 Å². The average Bonchev–Trinajstić information content (AvgIpc) is 4.00. The fraction of sp³-hybridized carbons (Fsp3) is 0.0741. The highest BCUT2D eigenvalue weighted by Gasteiger charge is 2.37. The first-order valence-corrected chi connectivity index (χ1v) is 21.4. The molecule has 18 heteroatoms. The highest BCUT2D eigenvalue weighted by molar-refractivity contribution is 6.07. The summed E-state index contributed by atoms with van der Waals surface area (Å²) in [5, 5.41) is 5.22. The fourth-order valence-electron chi connectivity index (χ4n) is 7.77. The number of aromatic nitrogens is 6. The third-order valence-electron chi connectivity index (χ3n) is 11.3. The molecule has 0 saturated heterocycles. The van der Waals surface area contributed by atoms with Crippen molar-refractivity contribution in [2.75, 3.05) is 10.6 Å². The molecule has 0 saturated carbocycles. The van der Waals surface area contributed by atoms with E-state index in [4.69, 9.17) is 0 Å². The average molecular weight is 983 g/mol. The van der Waals surface area contributed by atoms with Crippen molar-refractivity contribution in [3.63, 3.8) is 0 Å². The van der Waals surface area contributed by atoms with E-state index >= 15 is 0 Å². The minimum atomic E-state index is -4.87. The van der Waals surface area contributed by atoms with Gasteiger partial charge in [0.2, 0.25) is 0 Å². The van der Waals surface area contributed by atoms with Gasteiger partial charge in [0.1, 0.15) is 17.5 Å². The van der Waals surface area contributed by atoms with Crippen LogP contribution in [0.25, 0.3) is 56.1 Å². The van der Waals surface area contributed by atoms with E-state index in [0.717, 1.165) is 30.0 Å².